The summed E-state index contributed by atoms with van der Waals surface area (Å²) in [6.45, 7) is 0.468. The van der Waals surface area contributed by atoms with E-state index in [0.717, 1.165) is 16.7 Å². The molecule has 242 valence electrons. The van der Waals surface area contributed by atoms with E-state index in [4.69, 9.17) is 14.1 Å². The number of hydrogen-bond acceptors (Lipinski definition) is 10. The van der Waals surface area contributed by atoms with Crippen LogP contribution in [-0.2, 0) is 34.6 Å². The lowest BCUT2D eigenvalue weighted by molar-refractivity contribution is -0.143. The van der Waals surface area contributed by atoms with Gasteiger partial charge in [0, 0.05) is 18.2 Å². The second-order valence-corrected chi connectivity index (χ2v) is 11.6. The molecule has 5 atom stereocenters. The van der Waals surface area contributed by atoms with E-state index in [0.29, 0.717) is 5.56 Å². The molecule has 0 aliphatic carbocycles. The Kier molecular flexibility index (Phi) is 11.3. The predicted molar refractivity (Wildman–Crippen MR) is 155 cm³/mol. The van der Waals surface area contributed by atoms with Crippen molar-refractivity contribution < 1.29 is 51.2 Å². The lowest BCUT2D eigenvalue weighted by Gasteiger charge is -2.19. The fourth-order valence-corrected chi connectivity index (χ4v) is 5.21. The zero-order valence-corrected chi connectivity index (χ0v) is 25.7. The Labute approximate surface area is 260 Å². The van der Waals surface area contributed by atoms with Crippen LogP contribution in [0.15, 0.2) is 57.2 Å². The monoisotopic (exact) mass is 719 g/mol. The molecule has 1 saturated heterocycles. The van der Waals surface area contributed by atoms with Crippen molar-refractivity contribution in [2.75, 3.05) is 6.61 Å². The number of nitrogens with one attached hydrogen (secondary N) is 2. The van der Waals surface area contributed by atoms with Gasteiger partial charge in [0.25, 0.3) is 5.56 Å². The molecule has 2 aromatic carbocycles. The number of H-pyrrole nitrogens is 1. The number of phosphoric ester groups is 1. The molecule has 0 bridgehead atoms. The summed E-state index contributed by atoms with van der Waals surface area (Å²) in [5.74, 6) is -5.43. The molecule has 0 amide bonds. The van der Waals surface area contributed by atoms with Gasteiger partial charge in [-0.1, -0.05) is 40.2 Å². The summed E-state index contributed by atoms with van der Waals surface area (Å²) in [6, 6.07) is 6.62. The van der Waals surface area contributed by atoms with Crippen LogP contribution in [0.1, 0.15) is 30.7 Å². The first kappa shape index (κ1) is 34.5. The third kappa shape index (κ3) is 8.65. The summed E-state index contributed by atoms with van der Waals surface area (Å²) >= 11 is 3.03. The molecular formula is C27H26BrF3N3O10P. The minimum atomic E-state index is -4.99. The van der Waals surface area contributed by atoms with E-state index in [1.807, 2.05) is 0 Å². The first-order valence-electron chi connectivity index (χ1n) is 13.1. The standard InChI is InChI=1S/C27H26BrF3N3O10P/c1-14(33-41-12-15-2-4-16(5-3-15)18-6-7-19(29)24(31)23(18)30)26(37)44-45(39,40)42-13-21-20(35)10-22(43-21)34-11-17(8-9-28)25(36)32-27(34)38/h2-9,11,14,20-22,33,35H,10,12-13H2,1H3,(H,39,40)(H,32,36,38)/b9-8+/t14-,20-,21+,22+/m0/s1. The summed E-state index contributed by atoms with van der Waals surface area (Å²) in [5, 5.41) is 10.3. The molecule has 1 unspecified atom stereocenters. The Morgan fingerprint density at radius 3 is 2.62 bits per heavy atom. The van der Waals surface area contributed by atoms with Crippen LogP contribution in [0.25, 0.3) is 17.2 Å². The number of halogens is 4. The Balaban J connectivity index is 1.24. The lowest BCUT2D eigenvalue weighted by atomic mass is 10.0. The predicted octanol–water partition coefficient (Wildman–Crippen LogP) is 3.41. The summed E-state index contributed by atoms with van der Waals surface area (Å²) in [7, 11) is -4.99. The SMILES string of the molecule is C[C@H](NOCc1ccc(-c2ccc(F)c(F)c2F)cc1)C(=O)OP(=O)(O)OC[C@H]1O[C@@H](n2cc(/C=C/Br)c(=O)[nH]c2=O)C[C@@H]1O. The van der Waals surface area contributed by atoms with Crippen molar-refractivity contribution in [3.05, 3.63) is 97.0 Å². The summed E-state index contributed by atoms with van der Waals surface area (Å²) in [4.78, 5) is 55.2. The number of carbonyl (C=O) groups is 1. The number of aromatic amines is 1. The van der Waals surface area contributed by atoms with Crippen LogP contribution in [0.4, 0.5) is 13.2 Å². The van der Waals surface area contributed by atoms with Crippen LogP contribution in [0, 0.1) is 17.5 Å². The molecule has 1 aliphatic heterocycles. The van der Waals surface area contributed by atoms with E-state index in [1.54, 1.807) is 0 Å². The molecule has 3 aromatic rings. The highest BCUT2D eigenvalue weighted by Crippen LogP contribution is 2.44. The van der Waals surface area contributed by atoms with Crippen molar-refractivity contribution in [2.24, 2.45) is 0 Å². The minimum Gasteiger partial charge on any atom is -0.390 e. The fourth-order valence-electron chi connectivity index (χ4n) is 4.15. The second kappa shape index (κ2) is 14.8. The van der Waals surface area contributed by atoms with Crippen molar-refractivity contribution in [1.82, 2.24) is 15.0 Å². The van der Waals surface area contributed by atoms with Gasteiger partial charge in [0.1, 0.15) is 18.4 Å². The van der Waals surface area contributed by atoms with Gasteiger partial charge in [-0.15, -0.1) is 0 Å². The number of benzene rings is 2. The summed E-state index contributed by atoms with van der Waals surface area (Å²) < 4.78 is 69.1. The van der Waals surface area contributed by atoms with E-state index in [9.17, 15) is 42.1 Å². The molecule has 0 spiro atoms. The second-order valence-electron chi connectivity index (χ2n) is 9.70. The van der Waals surface area contributed by atoms with Gasteiger partial charge in [-0.2, -0.15) is 5.48 Å². The van der Waals surface area contributed by atoms with Gasteiger partial charge in [0.05, 0.1) is 24.9 Å². The van der Waals surface area contributed by atoms with Gasteiger partial charge < -0.3 is 14.4 Å². The van der Waals surface area contributed by atoms with Gasteiger partial charge in [-0.25, -0.2) is 27.3 Å². The number of hydrogen-bond donors (Lipinski definition) is 4. The molecule has 1 aromatic heterocycles. The van der Waals surface area contributed by atoms with Gasteiger partial charge in [-0.05, 0) is 41.2 Å². The maximum atomic E-state index is 14.0. The normalized spacial score (nSPS) is 20.3. The fraction of sp³-hybridized carbons (Fsp3) is 0.296. The number of aliphatic hydroxyl groups is 1. The third-order valence-corrected chi connectivity index (χ3v) is 7.66. The molecule has 18 heteroatoms. The number of hydroxylamine groups is 1. The van der Waals surface area contributed by atoms with Crippen LogP contribution < -0.4 is 16.7 Å². The average molecular weight is 720 g/mol. The van der Waals surface area contributed by atoms with E-state index < -0.39 is 73.6 Å². The molecule has 4 rings (SSSR count). The van der Waals surface area contributed by atoms with Gasteiger partial charge in [0.2, 0.25) is 0 Å². The largest absolute Gasteiger partial charge is 0.529 e. The van der Waals surface area contributed by atoms with Crippen LogP contribution in [0.5, 0.6) is 0 Å². The number of phosphoric acid groups is 1. The number of aliphatic hydroxyl groups excluding tert-OH is 1. The van der Waals surface area contributed by atoms with Crippen LogP contribution >= 0.6 is 23.8 Å². The molecule has 13 nitrogen and oxygen atoms in total. The minimum absolute atomic E-state index is 0.115. The average Bonchev–Trinajstić information content (AvgIpc) is 3.36. The van der Waals surface area contributed by atoms with Gasteiger partial charge in [-0.3, -0.25) is 28.6 Å². The van der Waals surface area contributed by atoms with E-state index in [2.05, 4.69) is 30.9 Å². The zero-order valence-electron chi connectivity index (χ0n) is 23.2. The van der Waals surface area contributed by atoms with Crippen molar-refractivity contribution in [3.63, 3.8) is 0 Å². The molecule has 2 heterocycles. The lowest BCUT2D eigenvalue weighted by Crippen LogP contribution is -2.35. The number of rotatable bonds is 12. The van der Waals surface area contributed by atoms with Crippen LogP contribution in [0.3, 0.4) is 0 Å². The maximum Gasteiger partial charge on any atom is 0.529 e. The van der Waals surface area contributed by atoms with Crippen molar-refractivity contribution in [2.45, 2.75) is 44.4 Å². The number of aromatic nitrogens is 2. The Morgan fingerprint density at radius 1 is 1.22 bits per heavy atom. The van der Waals surface area contributed by atoms with Crippen LogP contribution in [0.2, 0.25) is 0 Å². The van der Waals surface area contributed by atoms with Crippen molar-refractivity contribution in [3.8, 4) is 11.1 Å². The number of nitrogens with zero attached hydrogens (tertiary/aromatic N) is 1. The van der Waals surface area contributed by atoms with Crippen molar-refractivity contribution >= 4 is 35.8 Å². The van der Waals surface area contributed by atoms with E-state index in [-0.39, 0.29) is 29.7 Å². The molecule has 0 radical (unpaired) electrons. The van der Waals surface area contributed by atoms with Crippen LogP contribution in [-0.4, -0.2) is 50.4 Å². The zero-order chi connectivity index (χ0) is 32.9. The summed E-state index contributed by atoms with van der Waals surface area (Å²) in [5.41, 5.74) is 1.70. The maximum absolute atomic E-state index is 14.0. The first-order valence-corrected chi connectivity index (χ1v) is 15.5. The molecule has 45 heavy (non-hydrogen) atoms. The topological polar surface area (TPSA) is 178 Å². The Bertz CT molecular complexity index is 1740. The highest BCUT2D eigenvalue weighted by molar-refractivity contribution is 9.11. The smallest absolute Gasteiger partial charge is 0.390 e. The Morgan fingerprint density at radius 2 is 1.93 bits per heavy atom. The molecular weight excluding hydrogens is 694 g/mol. The molecule has 0 saturated carbocycles. The summed E-state index contributed by atoms with van der Waals surface area (Å²) in [6.07, 6.45) is -0.965. The highest BCUT2D eigenvalue weighted by atomic mass is 79.9. The Hall–Kier alpha value is -3.41. The molecule has 1 fully saturated rings. The molecule has 4 N–H and O–H groups in total. The van der Waals surface area contributed by atoms with Gasteiger partial charge in [0.15, 0.2) is 17.5 Å². The van der Waals surface area contributed by atoms with Gasteiger partial charge >= 0.3 is 19.5 Å². The quantitative estimate of drug-likeness (QED) is 0.123. The van der Waals surface area contributed by atoms with Crippen molar-refractivity contribution in [1.29, 1.82) is 0 Å². The highest BCUT2D eigenvalue weighted by Gasteiger charge is 2.39. The first-order chi connectivity index (χ1) is 21.3. The van der Waals surface area contributed by atoms with E-state index in [1.165, 1.54) is 48.4 Å². The number of ether oxygens (including phenoxy) is 1. The third-order valence-electron chi connectivity index (χ3n) is 6.51. The molecule has 1 aliphatic rings. The van der Waals surface area contributed by atoms with E-state index >= 15 is 0 Å². The number of carbonyl (C=O) groups excluding carboxylic acids is 1.